The van der Waals surface area contributed by atoms with Crippen molar-refractivity contribution >= 4 is 17.7 Å². The van der Waals surface area contributed by atoms with Crippen molar-refractivity contribution in [3.05, 3.63) is 30.0 Å². The summed E-state index contributed by atoms with van der Waals surface area (Å²) in [5, 5.41) is -0.00835. The van der Waals surface area contributed by atoms with Gasteiger partial charge in [-0.25, -0.2) is 9.97 Å². The number of halogens is 3. The Kier molecular flexibility index (Phi) is 6.78. The van der Waals surface area contributed by atoms with Gasteiger partial charge in [0.1, 0.15) is 5.69 Å². The third-order valence-corrected chi connectivity index (χ3v) is 6.48. The first kappa shape index (κ1) is 22.7. The number of alkyl halides is 3. The van der Waals surface area contributed by atoms with E-state index in [9.17, 15) is 18.0 Å². The fourth-order valence-electron chi connectivity index (χ4n) is 3.97. The van der Waals surface area contributed by atoms with Crippen molar-refractivity contribution in [2.24, 2.45) is 0 Å². The number of likely N-dealkylation sites (tertiary alicyclic amines) is 1. The fraction of sp³-hybridized carbons (Fsp3) is 0.500. The summed E-state index contributed by atoms with van der Waals surface area (Å²) in [6.45, 7) is 2.89. The van der Waals surface area contributed by atoms with E-state index in [2.05, 4.69) is 16.9 Å². The largest absolute Gasteiger partial charge is 0.454 e. The fourth-order valence-corrected chi connectivity index (χ4v) is 4.75. The van der Waals surface area contributed by atoms with Gasteiger partial charge >= 0.3 is 6.18 Å². The summed E-state index contributed by atoms with van der Waals surface area (Å²) in [7, 11) is 0. The van der Waals surface area contributed by atoms with E-state index >= 15 is 0 Å². The zero-order valence-corrected chi connectivity index (χ0v) is 18.5. The maximum atomic E-state index is 13.5. The molecular weight excluding hydrogens is 443 g/mol. The maximum Gasteiger partial charge on any atom is 0.433 e. The number of carbonyl (C=O) groups excluding carboxylic acids is 1. The van der Waals surface area contributed by atoms with Gasteiger partial charge in [-0.1, -0.05) is 18.7 Å². The Morgan fingerprint density at radius 1 is 1.19 bits per heavy atom. The molecule has 32 heavy (non-hydrogen) atoms. The molecule has 6 nitrogen and oxygen atoms in total. The molecule has 1 aromatic carbocycles. The van der Waals surface area contributed by atoms with E-state index in [-0.39, 0.29) is 36.0 Å². The molecule has 1 atom stereocenters. The van der Waals surface area contributed by atoms with Gasteiger partial charge in [0.2, 0.25) is 12.7 Å². The quantitative estimate of drug-likeness (QED) is 0.432. The highest BCUT2D eigenvalue weighted by Gasteiger charge is 2.34. The van der Waals surface area contributed by atoms with E-state index < -0.39 is 11.9 Å². The second-order valence-corrected chi connectivity index (χ2v) is 8.79. The molecule has 2 aromatic rings. The van der Waals surface area contributed by atoms with Crippen molar-refractivity contribution in [1.29, 1.82) is 0 Å². The highest BCUT2D eigenvalue weighted by atomic mass is 32.2. The molecule has 1 amide bonds. The summed E-state index contributed by atoms with van der Waals surface area (Å²) in [5.74, 6) is 1.34. The monoisotopic (exact) mass is 467 g/mol. The predicted octanol–water partition coefficient (Wildman–Crippen LogP) is 5.16. The predicted molar refractivity (Wildman–Crippen MR) is 114 cm³/mol. The molecule has 0 N–H and O–H groups in total. The number of rotatable bonds is 6. The number of fused-ring (bicyclic) bond motifs is 1. The molecule has 1 aromatic heterocycles. The number of carbonyl (C=O) groups is 1. The minimum Gasteiger partial charge on any atom is -0.454 e. The molecule has 2 aliphatic heterocycles. The Labute approximate surface area is 188 Å². The second kappa shape index (κ2) is 9.56. The molecule has 0 radical (unpaired) electrons. The molecule has 0 spiro atoms. The topological polar surface area (TPSA) is 64.6 Å². The average Bonchev–Trinajstić information content (AvgIpc) is 3.26. The molecule has 0 saturated carbocycles. The van der Waals surface area contributed by atoms with Gasteiger partial charge in [0.25, 0.3) is 0 Å². The van der Waals surface area contributed by atoms with Gasteiger partial charge < -0.3 is 14.4 Å². The van der Waals surface area contributed by atoms with Gasteiger partial charge in [-0.2, -0.15) is 13.2 Å². The van der Waals surface area contributed by atoms with Crippen LogP contribution in [0.2, 0.25) is 0 Å². The number of hydrogen-bond acceptors (Lipinski definition) is 6. The second-order valence-electron chi connectivity index (χ2n) is 7.73. The Morgan fingerprint density at radius 2 is 2.00 bits per heavy atom. The maximum absolute atomic E-state index is 13.5. The van der Waals surface area contributed by atoms with Crippen molar-refractivity contribution in [1.82, 2.24) is 14.9 Å². The summed E-state index contributed by atoms with van der Waals surface area (Å²) < 4.78 is 50.9. The van der Waals surface area contributed by atoms with Crippen LogP contribution in [0.25, 0.3) is 11.3 Å². The Bertz CT molecular complexity index is 987. The third kappa shape index (κ3) is 5.11. The zero-order valence-electron chi connectivity index (χ0n) is 17.7. The van der Waals surface area contributed by atoms with Crippen molar-refractivity contribution < 1.29 is 27.4 Å². The molecule has 0 bridgehead atoms. The Balaban J connectivity index is 1.49. The van der Waals surface area contributed by atoms with E-state index in [1.807, 2.05) is 4.90 Å². The van der Waals surface area contributed by atoms with E-state index in [4.69, 9.17) is 9.47 Å². The normalized spacial score (nSPS) is 18.1. The average molecular weight is 468 g/mol. The number of benzene rings is 1. The van der Waals surface area contributed by atoms with Gasteiger partial charge in [0, 0.05) is 30.3 Å². The lowest BCUT2D eigenvalue weighted by molar-refractivity contribution is -0.141. The molecule has 4 rings (SSSR count). The number of piperidine rings is 1. The first-order valence-electron chi connectivity index (χ1n) is 10.6. The smallest absolute Gasteiger partial charge is 0.433 e. The van der Waals surface area contributed by atoms with Crippen molar-refractivity contribution in [3.8, 4) is 22.8 Å². The van der Waals surface area contributed by atoms with Crippen LogP contribution in [0.4, 0.5) is 13.2 Å². The van der Waals surface area contributed by atoms with Gasteiger partial charge in [0.05, 0.1) is 5.69 Å². The van der Waals surface area contributed by atoms with E-state index in [0.717, 1.165) is 50.1 Å². The SMILES string of the molecule is CC[C@H]1CCCCN1C(=O)CCSc1nc(-c2ccc3c(c2)OCO3)cc(C(F)(F)F)n1. The van der Waals surface area contributed by atoms with Crippen LogP contribution in [0.3, 0.4) is 0 Å². The van der Waals surface area contributed by atoms with Gasteiger partial charge in [-0.3, -0.25) is 4.79 Å². The minimum absolute atomic E-state index is 0.00835. The van der Waals surface area contributed by atoms with Crippen LogP contribution in [-0.4, -0.2) is 45.9 Å². The molecule has 3 heterocycles. The van der Waals surface area contributed by atoms with Gasteiger partial charge in [0.15, 0.2) is 16.7 Å². The summed E-state index contributed by atoms with van der Waals surface area (Å²) in [6, 6.07) is 6.05. The van der Waals surface area contributed by atoms with E-state index in [0.29, 0.717) is 22.8 Å². The molecule has 10 heteroatoms. The molecular formula is C22H24F3N3O3S. The summed E-state index contributed by atoms with van der Waals surface area (Å²) >= 11 is 1.06. The Morgan fingerprint density at radius 3 is 2.78 bits per heavy atom. The van der Waals surface area contributed by atoms with E-state index in [1.165, 1.54) is 0 Å². The highest BCUT2D eigenvalue weighted by Crippen LogP contribution is 2.37. The molecule has 1 saturated heterocycles. The van der Waals surface area contributed by atoms with Crippen molar-refractivity contribution in [2.45, 2.75) is 56.4 Å². The standard InChI is InChI=1S/C22H24F3N3O3S/c1-2-15-5-3-4-9-28(15)20(29)8-10-32-21-26-16(12-19(27-21)22(23,24)25)14-6-7-17-18(11-14)31-13-30-17/h6-7,11-12,15H,2-5,8-10,13H2,1H3/t15-/m0/s1. The van der Waals surface area contributed by atoms with Crippen molar-refractivity contribution in [2.75, 3.05) is 19.1 Å². The van der Waals surface area contributed by atoms with Gasteiger partial charge in [-0.15, -0.1) is 0 Å². The lowest BCUT2D eigenvalue weighted by Crippen LogP contribution is -2.43. The number of ether oxygens (including phenoxy) is 2. The number of amides is 1. The highest BCUT2D eigenvalue weighted by molar-refractivity contribution is 7.99. The van der Waals surface area contributed by atoms with E-state index in [1.54, 1.807) is 18.2 Å². The van der Waals surface area contributed by atoms with Gasteiger partial charge in [-0.05, 0) is 49.9 Å². The van der Waals surface area contributed by atoms with Crippen LogP contribution >= 0.6 is 11.8 Å². The summed E-state index contributed by atoms with van der Waals surface area (Å²) in [6.07, 6.45) is -0.344. The first-order chi connectivity index (χ1) is 15.3. The van der Waals surface area contributed by atoms with Crippen LogP contribution in [0.1, 0.15) is 44.7 Å². The number of thioether (sulfide) groups is 1. The minimum atomic E-state index is -4.61. The lowest BCUT2D eigenvalue weighted by Gasteiger charge is -2.35. The number of hydrogen-bond donors (Lipinski definition) is 0. The summed E-state index contributed by atoms with van der Waals surface area (Å²) in [5.41, 5.74) is -0.406. The third-order valence-electron chi connectivity index (χ3n) is 5.63. The zero-order chi connectivity index (χ0) is 22.7. The van der Waals surface area contributed by atoms with Crippen LogP contribution in [-0.2, 0) is 11.0 Å². The molecule has 0 unspecified atom stereocenters. The van der Waals surface area contributed by atoms with Crippen LogP contribution in [0.5, 0.6) is 11.5 Å². The van der Waals surface area contributed by atoms with Crippen LogP contribution < -0.4 is 9.47 Å². The lowest BCUT2D eigenvalue weighted by atomic mass is 10.00. The molecule has 172 valence electrons. The number of nitrogens with zero attached hydrogens (tertiary/aromatic N) is 3. The summed E-state index contributed by atoms with van der Waals surface area (Å²) in [4.78, 5) is 22.6. The number of aromatic nitrogens is 2. The molecule has 0 aliphatic carbocycles. The van der Waals surface area contributed by atoms with Crippen LogP contribution in [0.15, 0.2) is 29.4 Å². The van der Waals surface area contributed by atoms with Crippen molar-refractivity contribution in [3.63, 3.8) is 0 Å². The molecule has 2 aliphatic rings. The molecule has 1 fully saturated rings. The van der Waals surface area contributed by atoms with Crippen LogP contribution in [0, 0.1) is 0 Å². The first-order valence-corrected chi connectivity index (χ1v) is 11.6. The Hall–Kier alpha value is -2.49.